The van der Waals surface area contributed by atoms with Crippen LogP contribution in [-0.4, -0.2) is 37.4 Å². The van der Waals surface area contributed by atoms with E-state index < -0.39 is 18.0 Å². The highest BCUT2D eigenvalue weighted by Crippen LogP contribution is 2.29. The number of ether oxygens (including phenoxy) is 3. The Labute approximate surface area is 204 Å². The number of methoxy groups -OCH3 is 1. The third kappa shape index (κ3) is 5.69. The fraction of sp³-hybridized carbons (Fsp3) is 0.250. The molecule has 1 aliphatic heterocycles. The maximum Gasteiger partial charge on any atom is 0.312 e. The quantitative estimate of drug-likeness (QED) is 0.340. The smallest absolute Gasteiger partial charge is 0.312 e. The number of ketones is 1. The van der Waals surface area contributed by atoms with Gasteiger partial charge in [-0.15, -0.1) is 0 Å². The van der Waals surface area contributed by atoms with Crippen LogP contribution in [0.2, 0.25) is 0 Å². The molecule has 0 aliphatic carbocycles. The zero-order valence-corrected chi connectivity index (χ0v) is 19.9. The normalized spacial score (nSPS) is 16.0. The molecule has 0 radical (unpaired) electrons. The number of hydrogen-bond acceptors (Lipinski definition) is 6. The molecule has 180 valence electrons. The molecule has 0 aromatic heterocycles. The van der Waals surface area contributed by atoms with Gasteiger partial charge in [-0.2, -0.15) is 0 Å². The van der Waals surface area contributed by atoms with Crippen LogP contribution in [0.25, 0.3) is 0 Å². The number of benzene rings is 3. The van der Waals surface area contributed by atoms with Crippen molar-refractivity contribution >= 4 is 23.3 Å². The Balaban J connectivity index is 1.34. The van der Waals surface area contributed by atoms with Crippen LogP contribution in [-0.2, 0) is 14.3 Å². The summed E-state index contributed by atoms with van der Waals surface area (Å²) in [6.07, 6.45) is -0.928. The molecule has 3 aromatic rings. The van der Waals surface area contributed by atoms with E-state index in [9.17, 15) is 14.4 Å². The van der Waals surface area contributed by atoms with Gasteiger partial charge in [0.2, 0.25) is 11.7 Å². The largest absolute Gasteiger partial charge is 0.497 e. The van der Waals surface area contributed by atoms with Gasteiger partial charge in [-0.25, -0.2) is 0 Å². The molecule has 0 unspecified atom stereocenters. The second kappa shape index (κ2) is 10.4. The van der Waals surface area contributed by atoms with E-state index in [0.717, 1.165) is 11.3 Å². The molecule has 0 N–H and O–H groups in total. The summed E-state index contributed by atoms with van der Waals surface area (Å²) < 4.78 is 16.3. The predicted molar refractivity (Wildman–Crippen MR) is 131 cm³/mol. The van der Waals surface area contributed by atoms with Crippen LogP contribution in [0.15, 0.2) is 72.8 Å². The van der Waals surface area contributed by atoms with Gasteiger partial charge in [-0.05, 0) is 74.5 Å². The standard InChI is InChI=1S/C28H27NO6/c1-18-4-10-24(11-5-18)35-25-14-8-22(9-15-25)29-17-21(16-26(29)30)28(32)34-19(2)27(31)20-6-12-23(33-3)13-7-20/h4-15,19,21H,16-17H2,1-3H3/t19-,21+/m1/s1. The van der Waals surface area contributed by atoms with E-state index >= 15 is 0 Å². The summed E-state index contributed by atoms with van der Waals surface area (Å²) in [5.41, 5.74) is 2.24. The van der Waals surface area contributed by atoms with Crippen LogP contribution in [0.5, 0.6) is 17.2 Å². The number of carbonyl (C=O) groups is 3. The maximum absolute atomic E-state index is 12.7. The lowest BCUT2D eigenvalue weighted by Crippen LogP contribution is -2.30. The first kappa shape index (κ1) is 24.0. The molecule has 35 heavy (non-hydrogen) atoms. The third-order valence-electron chi connectivity index (χ3n) is 5.90. The minimum Gasteiger partial charge on any atom is -0.497 e. The van der Waals surface area contributed by atoms with Crippen molar-refractivity contribution < 1.29 is 28.6 Å². The molecule has 1 saturated heterocycles. The molecule has 2 atom stereocenters. The number of amides is 1. The fourth-order valence-electron chi connectivity index (χ4n) is 3.87. The predicted octanol–water partition coefficient (Wildman–Crippen LogP) is 4.96. The number of carbonyl (C=O) groups excluding carboxylic acids is 3. The van der Waals surface area contributed by atoms with Gasteiger partial charge < -0.3 is 19.1 Å². The first-order valence-electron chi connectivity index (χ1n) is 11.4. The van der Waals surface area contributed by atoms with Crippen LogP contribution in [0.1, 0.15) is 29.3 Å². The second-order valence-corrected chi connectivity index (χ2v) is 8.49. The molecule has 1 amide bonds. The number of hydrogen-bond donors (Lipinski definition) is 0. The van der Waals surface area contributed by atoms with Crippen LogP contribution in [0.4, 0.5) is 5.69 Å². The number of rotatable bonds is 8. The Morgan fingerprint density at radius 2 is 1.46 bits per heavy atom. The van der Waals surface area contributed by atoms with Crippen molar-refractivity contribution in [2.75, 3.05) is 18.6 Å². The molecule has 1 fully saturated rings. The molecule has 1 aliphatic rings. The molecule has 7 heteroatoms. The number of esters is 1. The molecular formula is C28H27NO6. The summed E-state index contributed by atoms with van der Waals surface area (Å²) in [7, 11) is 1.54. The Hall–Kier alpha value is -4.13. The lowest BCUT2D eigenvalue weighted by molar-refractivity contribution is -0.151. The number of anilines is 1. The van der Waals surface area contributed by atoms with Crippen molar-refractivity contribution in [3.63, 3.8) is 0 Å². The van der Waals surface area contributed by atoms with Gasteiger partial charge in [0.1, 0.15) is 17.2 Å². The fourth-order valence-corrected chi connectivity index (χ4v) is 3.87. The molecule has 4 rings (SSSR count). The third-order valence-corrected chi connectivity index (χ3v) is 5.90. The lowest BCUT2D eigenvalue weighted by atomic mass is 10.1. The van der Waals surface area contributed by atoms with E-state index in [1.807, 2.05) is 31.2 Å². The molecule has 0 spiro atoms. The Morgan fingerprint density at radius 1 is 0.886 bits per heavy atom. The van der Waals surface area contributed by atoms with Gasteiger partial charge >= 0.3 is 5.97 Å². The van der Waals surface area contributed by atoms with E-state index in [4.69, 9.17) is 14.2 Å². The average molecular weight is 474 g/mol. The van der Waals surface area contributed by atoms with Crippen molar-refractivity contribution in [3.05, 3.63) is 83.9 Å². The van der Waals surface area contributed by atoms with Crippen LogP contribution in [0, 0.1) is 12.8 Å². The van der Waals surface area contributed by atoms with Crippen molar-refractivity contribution in [2.45, 2.75) is 26.4 Å². The monoisotopic (exact) mass is 473 g/mol. The van der Waals surface area contributed by atoms with Crippen LogP contribution >= 0.6 is 0 Å². The minimum absolute atomic E-state index is 0.0316. The molecular weight excluding hydrogens is 446 g/mol. The van der Waals surface area contributed by atoms with Crippen molar-refractivity contribution in [3.8, 4) is 17.2 Å². The molecule has 3 aromatic carbocycles. The maximum atomic E-state index is 12.7. The summed E-state index contributed by atoms with van der Waals surface area (Å²) in [5, 5.41) is 0. The molecule has 0 bridgehead atoms. The Bertz CT molecular complexity index is 1200. The Kier molecular flexibility index (Phi) is 7.15. The second-order valence-electron chi connectivity index (χ2n) is 8.49. The van der Waals surface area contributed by atoms with Gasteiger partial charge in [0.05, 0.1) is 13.0 Å². The van der Waals surface area contributed by atoms with Crippen LogP contribution in [0.3, 0.4) is 0 Å². The van der Waals surface area contributed by atoms with Gasteiger partial charge in [0.25, 0.3) is 0 Å². The van der Waals surface area contributed by atoms with Crippen molar-refractivity contribution in [1.82, 2.24) is 0 Å². The summed E-state index contributed by atoms with van der Waals surface area (Å²) >= 11 is 0. The topological polar surface area (TPSA) is 82.1 Å². The van der Waals surface area contributed by atoms with Gasteiger partial charge in [-0.3, -0.25) is 14.4 Å². The highest BCUT2D eigenvalue weighted by atomic mass is 16.5. The number of nitrogens with zero attached hydrogens (tertiary/aromatic N) is 1. The van der Waals surface area contributed by atoms with Crippen LogP contribution < -0.4 is 14.4 Å². The summed E-state index contributed by atoms with van der Waals surface area (Å²) in [6.45, 7) is 3.74. The van der Waals surface area contributed by atoms with Gasteiger partial charge in [0.15, 0.2) is 6.10 Å². The number of aryl methyl sites for hydroxylation is 1. The van der Waals surface area contributed by atoms with Gasteiger partial charge in [0, 0.05) is 24.2 Å². The highest BCUT2D eigenvalue weighted by molar-refractivity contribution is 6.02. The lowest BCUT2D eigenvalue weighted by Gasteiger charge is -2.18. The zero-order chi connectivity index (χ0) is 24.9. The first-order chi connectivity index (χ1) is 16.8. The van der Waals surface area contributed by atoms with E-state index in [0.29, 0.717) is 22.7 Å². The summed E-state index contributed by atoms with van der Waals surface area (Å²) in [4.78, 5) is 39.5. The van der Waals surface area contributed by atoms with E-state index in [1.54, 1.807) is 60.5 Å². The summed E-state index contributed by atoms with van der Waals surface area (Å²) in [6, 6.07) is 21.4. The SMILES string of the molecule is COc1ccc(C(=O)[C@@H](C)OC(=O)[C@H]2CC(=O)N(c3ccc(Oc4ccc(C)cc4)cc3)C2)cc1. The van der Waals surface area contributed by atoms with Crippen molar-refractivity contribution in [1.29, 1.82) is 0 Å². The summed E-state index contributed by atoms with van der Waals surface area (Å²) in [5.74, 6) is 0.310. The molecule has 7 nitrogen and oxygen atoms in total. The van der Waals surface area contributed by atoms with E-state index in [1.165, 1.54) is 6.92 Å². The Morgan fingerprint density at radius 3 is 2.06 bits per heavy atom. The molecule has 1 heterocycles. The van der Waals surface area contributed by atoms with Crippen molar-refractivity contribution in [2.24, 2.45) is 5.92 Å². The first-order valence-corrected chi connectivity index (χ1v) is 11.4. The zero-order valence-electron chi connectivity index (χ0n) is 19.9. The van der Waals surface area contributed by atoms with E-state index in [-0.39, 0.29) is 24.7 Å². The average Bonchev–Trinajstić information content (AvgIpc) is 3.27. The molecule has 0 saturated carbocycles. The van der Waals surface area contributed by atoms with E-state index in [2.05, 4.69) is 0 Å². The number of Topliss-reactive ketones (excluding diaryl/α,β-unsaturated/α-hetero) is 1. The minimum atomic E-state index is -0.960. The van der Waals surface area contributed by atoms with Gasteiger partial charge in [-0.1, -0.05) is 17.7 Å². The highest BCUT2D eigenvalue weighted by Gasteiger charge is 2.37.